The number of nitrogens with one attached hydrogen (secondary N) is 1. The summed E-state index contributed by atoms with van der Waals surface area (Å²) in [5, 5.41) is 0. The molecule has 20 heavy (non-hydrogen) atoms. The fourth-order valence-electron chi connectivity index (χ4n) is 2.08. The third-order valence-electron chi connectivity index (χ3n) is 3.17. The Morgan fingerprint density at radius 3 is 2.55 bits per heavy atom. The van der Waals surface area contributed by atoms with Gasteiger partial charge in [-0.15, -0.1) is 11.8 Å². The Kier molecular flexibility index (Phi) is 3.65. The monoisotopic (exact) mass is 284 g/mol. The molecule has 3 aromatic rings. The summed E-state index contributed by atoms with van der Waals surface area (Å²) in [7, 11) is 0. The lowest BCUT2D eigenvalue weighted by Gasteiger charge is -2.12. The number of aromatic nitrogens is 2. The molecule has 3 nitrogen and oxygen atoms in total. The van der Waals surface area contributed by atoms with Crippen LogP contribution in [0.25, 0.3) is 11.0 Å². The molecule has 0 aliphatic rings. The van der Waals surface area contributed by atoms with Crippen molar-refractivity contribution in [2.75, 3.05) is 6.26 Å². The Balaban J connectivity index is 1.79. The minimum absolute atomic E-state index is 0.109. The highest BCUT2D eigenvalue weighted by molar-refractivity contribution is 7.98. The van der Waals surface area contributed by atoms with Gasteiger partial charge >= 0.3 is 0 Å². The Labute approximate surface area is 122 Å². The van der Waals surface area contributed by atoms with Crippen LogP contribution in [0.15, 0.2) is 53.4 Å². The van der Waals surface area contributed by atoms with Crippen LogP contribution in [0.3, 0.4) is 0 Å². The van der Waals surface area contributed by atoms with Crippen molar-refractivity contribution in [2.24, 2.45) is 0 Å². The number of aromatic amines is 1. The van der Waals surface area contributed by atoms with E-state index in [1.165, 1.54) is 4.90 Å². The van der Waals surface area contributed by atoms with Gasteiger partial charge in [-0.3, -0.25) is 0 Å². The van der Waals surface area contributed by atoms with Crippen LogP contribution in [-0.4, -0.2) is 16.2 Å². The molecule has 0 aliphatic carbocycles. The molecule has 1 unspecified atom stereocenters. The van der Waals surface area contributed by atoms with Crippen molar-refractivity contribution >= 4 is 22.8 Å². The lowest BCUT2D eigenvalue weighted by atomic mass is 10.3. The molecule has 0 amide bonds. The fourth-order valence-corrected chi connectivity index (χ4v) is 2.49. The smallest absolute Gasteiger partial charge is 0.153 e. The molecule has 0 saturated heterocycles. The second-order valence-electron chi connectivity index (χ2n) is 4.57. The van der Waals surface area contributed by atoms with E-state index in [4.69, 9.17) is 4.74 Å². The van der Waals surface area contributed by atoms with Crippen molar-refractivity contribution in [3.05, 3.63) is 54.4 Å². The molecule has 1 aromatic heterocycles. The number of rotatable bonds is 4. The first-order chi connectivity index (χ1) is 9.76. The number of H-pyrrole nitrogens is 1. The second-order valence-corrected chi connectivity index (χ2v) is 5.45. The summed E-state index contributed by atoms with van der Waals surface area (Å²) in [6.45, 7) is 2.00. The molecule has 4 heteroatoms. The van der Waals surface area contributed by atoms with E-state index < -0.39 is 0 Å². The molecule has 102 valence electrons. The Morgan fingerprint density at radius 2 is 1.85 bits per heavy atom. The maximum absolute atomic E-state index is 5.93. The van der Waals surface area contributed by atoms with Gasteiger partial charge in [-0.2, -0.15) is 0 Å². The zero-order valence-corrected chi connectivity index (χ0v) is 12.3. The molecule has 0 radical (unpaired) electrons. The Bertz CT molecular complexity index is 673. The van der Waals surface area contributed by atoms with Crippen LogP contribution >= 0.6 is 11.8 Å². The summed E-state index contributed by atoms with van der Waals surface area (Å²) in [6.07, 6.45) is 1.95. The van der Waals surface area contributed by atoms with Crippen molar-refractivity contribution in [3.8, 4) is 5.75 Å². The van der Waals surface area contributed by atoms with Gasteiger partial charge in [0, 0.05) is 4.90 Å². The van der Waals surface area contributed by atoms with Gasteiger partial charge in [0.1, 0.15) is 11.6 Å². The van der Waals surface area contributed by atoms with Crippen molar-refractivity contribution in [1.82, 2.24) is 9.97 Å². The SMILES string of the molecule is CSc1ccc(OC(C)c2nc3ccccc3[nH]2)cc1. The minimum Gasteiger partial charge on any atom is -0.483 e. The van der Waals surface area contributed by atoms with Crippen molar-refractivity contribution in [3.63, 3.8) is 0 Å². The number of benzene rings is 2. The molecule has 0 bridgehead atoms. The number of imidazole rings is 1. The topological polar surface area (TPSA) is 37.9 Å². The van der Waals surface area contributed by atoms with E-state index in [1.807, 2.05) is 43.3 Å². The molecule has 1 atom stereocenters. The molecule has 0 saturated carbocycles. The third kappa shape index (κ3) is 2.65. The number of hydrogen-bond acceptors (Lipinski definition) is 3. The van der Waals surface area contributed by atoms with Crippen LogP contribution in [0, 0.1) is 0 Å². The molecular weight excluding hydrogens is 268 g/mol. The van der Waals surface area contributed by atoms with E-state index in [0.29, 0.717) is 0 Å². The largest absolute Gasteiger partial charge is 0.483 e. The maximum Gasteiger partial charge on any atom is 0.153 e. The highest BCUT2D eigenvalue weighted by Gasteiger charge is 2.12. The molecule has 0 fully saturated rings. The Hall–Kier alpha value is -1.94. The summed E-state index contributed by atoms with van der Waals surface area (Å²) in [6, 6.07) is 16.1. The number of ether oxygens (including phenoxy) is 1. The maximum atomic E-state index is 5.93. The van der Waals surface area contributed by atoms with Crippen LogP contribution in [-0.2, 0) is 0 Å². The normalized spacial score (nSPS) is 12.5. The average Bonchev–Trinajstić information content (AvgIpc) is 2.92. The molecule has 2 aromatic carbocycles. The van der Waals surface area contributed by atoms with Gasteiger partial charge in [0.15, 0.2) is 6.10 Å². The average molecular weight is 284 g/mol. The molecule has 1 N–H and O–H groups in total. The van der Waals surface area contributed by atoms with Gasteiger partial charge in [-0.25, -0.2) is 4.98 Å². The first-order valence-electron chi connectivity index (χ1n) is 6.51. The van der Waals surface area contributed by atoms with Gasteiger partial charge in [0.25, 0.3) is 0 Å². The van der Waals surface area contributed by atoms with Gasteiger partial charge in [-0.1, -0.05) is 12.1 Å². The van der Waals surface area contributed by atoms with Crippen LogP contribution in [0.5, 0.6) is 5.75 Å². The van der Waals surface area contributed by atoms with Crippen LogP contribution < -0.4 is 4.74 Å². The summed E-state index contributed by atoms with van der Waals surface area (Å²) in [5.74, 6) is 1.70. The van der Waals surface area contributed by atoms with E-state index in [-0.39, 0.29) is 6.10 Å². The molecule has 1 heterocycles. The third-order valence-corrected chi connectivity index (χ3v) is 3.91. The number of para-hydroxylation sites is 2. The van der Waals surface area contributed by atoms with Crippen molar-refractivity contribution in [2.45, 2.75) is 17.9 Å². The molecule has 3 rings (SSSR count). The molecular formula is C16H16N2OS. The highest BCUT2D eigenvalue weighted by atomic mass is 32.2. The molecule has 0 aliphatic heterocycles. The van der Waals surface area contributed by atoms with Gasteiger partial charge in [0.05, 0.1) is 11.0 Å². The summed E-state index contributed by atoms with van der Waals surface area (Å²) in [5.41, 5.74) is 2.01. The second kappa shape index (κ2) is 5.59. The summed E-state index contributed by atoms with van der Waals surface area (Å²) < 4.78 is 5.93. The lowest BCUT2D eigenvalue weighted by Crippen LogP contribution is -2.04. The fraction of sp³-hybridized carbons (Fsp3) is 0.188. The van der Waals surface area contributed by atoms with E-state index in [2.05, 4.69) is 28.4 Å². The van der Waals surface area contributed by atoms with Crippen molar-refractivity contribution in [1.29, 1.82) is 0 Å². The number of nitrogens with zero attached hydrogens (tertiary/aromatic N) is 1. The van der Waals surface area contributed by atoms with E-state index in [1.54, 1.807) is 11.8 Å². The van der Waals surface area contributed by atoms with Crippen molar-refractivity contribution < 1.29 is 4.74 Å². The summed E-state index contributed by atoms with van der Waals surface area (Å²) >= 11 is 1.72. The number of fused-ring (bicyclic) bond motifs is 1. The highest BCUT2D eigenvalue weighted by Crippen LogP contribution is 2.24. The predicted octanol–water partition coefficient (Wildman–Crippen LogP) is 4.42. The summed E-state index contributed by atoms with van der Waals surface area (Å²) in [4.78, 5) is 9.09. The zero-order chi connectivity index (χ0) is 13.9. The van der Waals surface area contributed by atoms with Crippen LogP contribution in [0.1, 0.15) is 18.9 Å². The van der Waals surface area contributed by atoms with Gasteiger partial charge < -0.3 is 9.72 Å². The quantitative estimate of drug-likeness (QED) is 0.720. The van der Waals surface area contributed by atoms with Crippen LogP contribution in [0.2, 0.25) is 0 Å². The van der Waals surface area contributed by atoms with Crippen LogP contribution in [0.4, 0.5) is 0 Å². The van der Waals surface area contributed by atoms with E-state index >= 15 is 0 Å². The first kappa shape index (κ1) is 13.1. The minimum atomic E-state index is -0.109. The van der Waals surface area contributed by atoms with E-state index in [0.717, 1.165) is 22.6 Å². The standard InChI is InChI=1S/C16H16N2OS/c1-11(19-12-7-9-13(20-2)10-8-12)16-17-14-5-3-4-6-15(14)18-16/h3-11H,1-2H3,(H,17,18). The zero-order valence-electron chi connectivity index (χ0n) is 11.5. The lowest BCUT2D eigenvalue weighted by molar-refractivity contribution is 0.218. The molecule has 0 spiro atoms. The van der Waals surface area contributed by atoms with E-state index in [9.17, 15) is 0 Å². The van der Waals surface area contributed by atoms with Gasteiger partial charge in [-0.05, 0) is 49.6 Å². The predicted molar refractivity (Wildman–Crippen MR) is 83.4 cm³/mol. The first-order valence-corrected chi connectivity index (χ1v) is 7.74. The number of thioether (sulfide) groups is 1. The Morgan fingerprint density at radius 1 is 1.10 bits per heavy atom. The number of hydrogen-bond donors (Lipinski definition) is 1. The van der Waals surface area contributed by atoms with Gasteiger partial charge in [0.2, 0.25) is 0 Å².